The van der Waals surface area contributed by atoms with Crippen molar-refractivity contribution in [1.29, 1.82) is 0 Å². The molecule has 4 rings (SSSR count). The second-order valence-electron chi connectivity index (χ2n) is 6.83. The van der Waals surface area contributed by atoms with Gasteiger partial charge in [-0.3, -0.25) is 9.52 Å². The zero-order chi connectivity index (χ0) is 20.4. The molecule has 4 N–H and O–H groups in total. The van der Waals surface area contributed by atoms with Crippen LogP contribution in [-0.2, 0) is 14.8 Å². The molecule has 2 aromatic carbocycles. The van der Waals surface area contributed by atoms with Gasteiger partial charge in [0.05, 0.1) is 39.8 Å². The molecule has 1 aromatic heterocycles. The Balaban J connectivity index is 1.59. The first-order chi connectivity index (χ1) is 13.9. The average molecular weight is 416 g/mol. The van der Waals surface area contributed by atoms with E-state index in [1.165, 1.54) is 24.3 Å². The number of benzene rings is 2. The number of ether oxygens (including phenoxy) is 1. The van der Waals surface area contributed by atoms with Gasteiger partial charge in [-0.15, -0.1) is 0 Å². The van der Waals surface area contributed by atoms with Crippen LogP contribution in [0.25, 0.3) is 11.0 Å². The highest BCUT2D eigenvalue weighted by Gasteiger charge is 2.22. The van der Waals surface area contributed by atoms with Gasteiger partial charge in [-0.2, -0.15) is 0 Å². The third-order valence-electron chi connectivity index (χ3n) is 4.71. The number of hydrogen-bond acceptors (Lipinski definition) is 5. The molecule has 1 atom stereocenters. The Kier molecular flexibility index (Phi) is 5.12. The summed E-state index contributed by atoms with van der Waals surface area (Å²) in [4.78, 5) is 29.1. The summed E-state index contributed by atoms with van der Waals surface area (Å²) in [5.41, 5.74) is 0.850. The van der Waals surface area contributed by atoms with E-state index in [1.54, 1.807) is 18.2 Å². The molecule has 1 aliphatic rings. The van der Waals surface area contributed by atoms with Gasteiger partial charge < -0.3 is 20.0 Å². The van der Waals surface area contributed by atoms with Crippen LogP contribution in [0, 0.1) is 0 Å². The summed E-state index contributed by atoms with van der Waals surface area (Å²) in [6, 6.07) is 10.5. The Hall–Kier alpha value is -3.11. The number of hydrogen-bond donors (Lipinski definition) is 4. The van der Waals surface area contributed by atoms with E-state index < -0.39 is 15.7 Å². The first-order valence-corrected chi connectivity index (χ1v) is 10.6. The highest BCUT2D eigenvalue weighted by molar-refractivity contribution is 7.92. The van der Waals surface area contributed by atoms with Gasteiger partial charge in [0, 0.05) is 6.61 Å². The highest BCUT2D eigenvalue weighted by Crippen LogP contribution is 2.22. The summed E-state index contributed by atoms with van der Waals surface area (Å²) in [7, 11) is -3.98. The molecule has 152 valence electrons. The summed E-state index contributed by atoms with van der Waals surface area (Å²) in [5.74, 6) is -0.371. The number of H-pyrrole nitrogens is 2. The summed E-state index contributed by atoms with van der Waals surface area (Å²) in [6.45, 7) is 1.12. The number of carbonyl (C=O) groups is 1. The number of amides is 1. The van der Waals surface area contributed by atoms with E-state index in [-0.39, 0.29) is 28.1 Å². The van der Waals surface area contributed by atoms with E-state index in [0.717, 1.165) is 12.8 Å². The zero-order valence-electron chi connectivity index (χ0n) is 15.4. The van der Waals surface area contributed by atoms with E-state index in [0.29, 0.717) is 24.2 Å². The lowest BCUT2D eigenvalue weighted by Crippen LogP contribution is -2.40. The lowest BCUT2D eigenvalue weighted by molar-refractivity contribution is 0.0624. The maximum absolute atomic E-state index is 12.9. The van der Waals surface area contributed by atoms with E-state index in [1.807, 2.05) is 0 Å². The van der Waals surface area contributed by atoms with Gasteiger partial charge in [0.25, 0.3) is 15.9 Å². The number of para-hydroxylation sites is 1. The van der Waals surface area contributed by atoms with Gasteiger partial charge in [-0.05, 0) is 43.2 Å². The fraction of sp³-hybridized carbons (Fsp3) is 0.263. The lowest BCUT2D eigenvalue weighted by atomic mass is 10.1. The molecule has 9 nitrogen and oxygen atoms in total. The molecule has 0 aliphatic carbocycles. The maximum Gasteiger partial charge on any atom is 0.323 e. The summed E-state index contributed by atoms with van der Waals surface area (Å²) in [5, 5.41) is 2.89. The molecule has 0 saturated carbocycles. The molecular formula is C19H20N4O5S. The van der Waals surface area contributed by atoms with Gasteiger partial charge >= 0.3 is 5.69 Å². The normalized spacial score (nSPS) is 17.2. The minimum Gasteiger partial charge on any atom is -0.379 e. The first kappa shape index (κ1) is 19.2. The SMILES string of the molecule is O=C(NC1CCCOC1)c1ccccc1NS(=O)(=O)c1ccc2[nH]c(=O)[nH]c2c1. The summed E-state index contributed by atoms with van der Waals surface area (Å²) < 4.78 is 33.5. The Morgan fingerprint density at radius 3 is 2.69 bits per heavy atom. The van der Waals surface area contributed by atoms with E-state index in [4.69, 9.17) is 4.74 Å². The predicted molar refractivity (Wildman–Crippen MR) is 107 cm³/mol. The predicted octanol–water partition coefficient (Wildman–Crippen LogP) is 1.57. The highest BCUT2D eigenvalue weighted by atomic mass is 32.2. The second kappa shape index (κ2) is 7.72. The van der Waals surface area contributed by atoms with Crippen LogP contribution in [0.2, 0.25) is 0 Å². The minimum atomic E-state index is -3.98. The van der Waals surface area contributed by atoms with Gasteiger partial charge in [0.15, 0.2) is 0 Å². The minimum absolute atomic E-state index is 0.0314. The molecule has 1 unspecified atom stereocenters. The standard InChI is InChI=1S/C19H20N4O5S/c24-18(20-12-4-3-9-28-11-12)14-5-1-2-6-15(14)23-29(26,27)13-7-8-16-17(10-13)22-19(25)21-16/h1-2,5-8,10,12,23H,3-4,9,11H2,(H,20,24)(H2,21,22,25). The number of aromatic nitrogens is 2. The van der Waals surface area contributed by atoms with Gasteiger partial charge in [0.2, 0.25) is 0 Å². The quantitative estimate of drug-likeness (QED) is 0.501. The number of anilines is 1. The number of carbonyl (C=O) groups excluding carboxylic acids is 1. The van der Waals surface area contributed by atoms with Crippen LogP contribution < -0.4 is 15.7 Å². The number of nitrogens with one attached hydrogen (secondary N) is 4. The van der Waals surface area contributed by atoms with Crippen LogP contribution in [0.4, 0.5) is 5.69 Å². The molecule has 3 aromatic rings. The molecule has 2 heterocycles. The van der Waals surface area contributed by atoms with E-state index >= 15 is 0 Å². The Bertz CT molecular complexity index is 1210. The van der Waals surface area contributed by atoms with Crippen molar-refractivity contribution in [2.75, 3.05) is 17.9 Å². The van der Waals surface area contributed by atoms with Crippen LogP contribution in [-0.4, -0.2) is 43.5 Å². The van der Waals surface area contributed by atoms with Crippen molar-refractivity contribution in [3.05, 3.63) is 58.5 Å². The molecule has 29 heavy (non-hydrogen) atoms. The van der Waals surface area contributed by atoms with Crippen molar-refractivity contribution in [1.82, 2.24) is 15.3 Å². The van der Waals surface area contributed by atoms with Crippen molar-refractivity contribution in [2.45, 2.75) is 23.8 Å². The van der Waals surface area contributed by atoms with Crippen LogP contribution in [0.3, 0.4) is 0 Å². The molecule has 0 bridgehead atoms. The number of rotatable bonds is 5. The molecule has 10 heteroatoms. The molecule has 1 saturated heterocycles. The smallest absolute Gasteiger partial charge is 0.323 e. The van der Waals surface area contributed by atoms with Gasteiger partial charge in [-0.1, -0.05) is 12.1 Å². The number of fused-ring (bicyclic) bond motifs is 1. The molecule has 0 radical (unpaired) electrons. The van der Waals surface area contributed by atoms with Gasteiger partial charge in [-0.25, -0.2) is 13.2 Å². The summed E-state index contributed by atoms with van der Waals surface area (Å²) in [6.07, 6.45) is 1.68. The van der Waals surface area contributed by atoms with Crippen molar-refractivity contribution < 1.29 is 17.9 Å². The molecule has 1 aliphatic heterocycles. The van der Waals surface area contributed by atoms with Crippen molar-refractivity contribution in [2.24, 2.45) is 0 Å². The fourth-order valence-electron chi connectivity index (χ4n) is 3.27. The van der Waals surface area contributed by atoms with Gasteiger partial charge in [0.1, 0.15) is 0 Å². The Morgan fingerprint density at radius 2 is 1.90 bits per heavy atom. The molecule has 0 spiro atoms. The lowest BCUT2D eigenvalue weighted by Gasteiger charge is -2.23. The molecular weight excluding hydrogens is 396 g/mol. The summed E-state index contributed by atoms with van der Waals surface area (Å²) >= 11 is 0. The Labute approximate surface area is 166 Å². The van der Waals surface area contributed by atoms with Crippen molar-refractivity contribution in [3.63, 3.8) is 0 Å². The van der Waals surface area contributed by atoms with Crippen LogP contribution in [0.5, 0.6) is 0 Å². The monoisotopic (exact) mass is 416 g/mol. The van der Waals surface area contributed by atoms with Crippen molar-refractivity contribution >= 4 is 32.7 Å². The third kappa shape index (κ3) is 4.17. The van der Waals surface area contributed by atoms with E-state index in [2.05, 4.69) is 20.0 Å². The topological polar surface area (TPSA) is 133 Å². The fourth-order valence-corrected chi connectivity index (χ4v) is 4.38. The molecule has 1 fully saturated rings. The molecule has 1 amide bonds. The van der Waals surface area contributed by atoms with Crippen molar-refractivity contribution in [3.8, 4) is 0 Å². The zero-order valence-corrected chi connectivity index (χ0v) is 16.2. The van der Waals surface area contributed by atoms with Crippen LogP contribution in [0.15, 0.2) is 52.2 Å². The largest absolute Gasteiger partial charge is 0.379 e. The first-order valence-electron chi connectivity index (χ1n) is 9.15. The Morgan fingerprint density at radius 1 is 1.10 bits per heavy atom. The van der Waals surface area contributed by atoms with Crippen LogP contribution in [0.1, 0.15) is 23.2 Å². The number of imidazole rings is 1. The average Bonchev–Trinajstić information content (AvgIpc) is 3.08. The maximum atomic E-state index is 12.9. The van der Waals surface area contributed by atoms with E-state index in [9.17, 15) is 18.0 Å². The third-order valence-corrected chi connectivity index (χ3v) is 6.07. The number of sulfonamides is 1. The second-order valence-corrected chi connectivity index (χ2v) is 8.51. The van der Waals surface area contributed by atoms with Crippen LogP contribution >= 0.6 is 0 Å². The number of aromatic amines is 2.